The topological polar surface area (TPSA) is 42.2 Å². The Kier molecular flexibility index (Phi) is 3.82. The van der Waals surface area contributed by atoms with Gasteiger partial charge in [-0.1, -0.05) is 12.1 Å². The molecular weight excluding hydrogens is 220 g/mol. The number of rotatable bonds is 6. The van der Waals surface area contributed by atoms with E-state index in [1.807, 2.05) is 42.2 Å². The fraction of sp³-hybridized carbons (Fsp3) is 0.273. The Morgan fingerprint density at radius 2 is 2.44 bits per heavy atom. The molecule has 0 aromatic carbocycles. The molecule has 0 saturated heterocycles. The smallest absolute Gasteiger partial charge is 0.243 e. The van der Waals surface area contributed by atoms with Crippen molar-refractivity contribution in [3.63, 3.8) is 0 Å². The molecule has 0 aliphatic heterocycles. The van der Waals surface area contributed by atoms with Crippen LogP contribution in [0.2, 0.25) is 0 Å². The first-order valence-corrected chi connectivity index (χ1v) is 6.29. The first-order valence-electron chi connectivity index (χ1n) is 5.14. The molecule has 0 saturated carbocycles. The van der Waals surface area contributed by atoms with E-state index in [1.54, 1.807) is 4.52 Å². The minimum Gasteiger partial charge on any atom is -0.352 e. The number of hydrogen-bond donors (Lipinski definition) is 1. The van der Waals surface area contributed by atoms with E-state index in [4.69, 9.17) is 0 Å². The predicted molar refractivity (Wildman–Crippen MR) is 69.0 cm³/mol. The van der Waals surface area contributed by atoms with E-state index in [0.717, 1.165) is 23.7 Å². The van der Waals surface area contributed by atoms with E-state index in [-0.39, 0.29) is 0 Å². The molecule has 16 heavy (non-hydrogen) atoms. The Morgan fingerprint density at radius 1 is 1.50 bits per heavy atom. The molecule has 84 valence electrons. The van der Waals surface area contributed by atoms with Gasteiger partial charge in [0.1, 0.15) is 0 Å². The average molecular weight is 234 g/mol. The lowest BCUT2D eigenvalue weighted by Gasteiger charge is -1.99. The van der Waals surface area contributed by atoms with Crippen LogP contribution in [0.3, 0.4) is 0 Å². The Hall–Kier alpha value is -1.49. The molecule has 0 radical (unpaired) electrons. The summed E-state index contributed by atoms with van der Waals surface area (Å²) in [4.78, 5) is 4.34. The van der Waals surface area contributed by atoms with Crippen molar-refractivity contribution in [3.05, 3.63) is 37.1 Å². The Balaban J connectivity index is 1.87. The van der Waals surface area contributed by atoms with Gasteiger partial charge in [0.15, 0.2) is 5.65 Å². The largest absolute Gasteiger partial charge is 0.352 e. The number of nitrogens with one attached hydrogen (secondary N) is 1. The molecule has 1 N–H and O–H groups in total. The van der Waals surface area contributed by atoms with Crippen molar-refractivity contribution in [3.8, 4) is 0 Å². The third-order valence-corrected chi connectivity index (χ3v) is 2.97. The summed E-state index contributed by atoms with van der Waals surface area (Å²) in [6, 6.07) is 5.82. The minimum absolute atomic E-state index is 0.686. The van der Waals surface area contributed by atoms with Crippen LogP contribution in [0, 0.1) is 0 Å². The molecular formula is C11H14N4S. The quantitative estimate of drug-likeness (QED) is 0.613. The van der Waals surface area contributed by atoms with Crippen LogP contribution in [0.4, 0.5) is 5.95 Å². The molecule has 2 heterocycles. The number of anilines is 1. The number of nitrogens with zero attached hydrogens (tertiary/aromatic N) is 3. The number of pyridine rings is 1. The van der Waals surface area contributed by atoms with Gasteiger partial charge in [0.05, 0.1) is 0 Å². The summed E-state index contributed by atoms with van der Waals surface area (Å²) in [7, 11) is 0. The molecule has 0 aliphatic rings. The van der Waals surface area contributed by atoms with Gasteiger partial charge in [-0.3, -0.25) is 0 Å². The Bertz CT molecular complexity index is 433. The zero-order valence-corrected chi connectivity index (χ0v) is 9.78. The van der Waals surface area contributed by atoms with Crippen molar-refractivity contribution in [2.24, 2.45) is 0 Å². The van der Waals surface area contributed by atoms with Gasteiger partial charge in [0.25, 0.3) is 0 Å². The fourth-order valence-electron chi connectivity index (χ4n) is 1.31. The van der Waals surface area contributed by atoms with Crippen LogP contribution in [0.25, 0.3) is 5.65 Å². The van der Waals surface area contributed by atoms with Gasteiger partial charge in [0, 0.05) is 24.2 Å². The van der Waals surface area contributed by atoms with Crippen molar-refractivity contribution >= 4 is 23.4 Å². The SMILES string of the molecule is C=CCSCCNc1nc2ccccn2n1. The minimum atomic E-state index is 0.686. The first kappa shape index (κ1) is 11.0. The fourth-order valence-corrected chi connectivity index (χ4v) is 1.89. The maximum Gasteiger partial charge on any atom is 0.243 e. The van der Waals surface area contributed by atoms with Crippen LogP contribution >= 0.6 is 11.8 Å². The van der Waals surface area contributed by atoms with Gasteiger partial charge >= 0.3 is 0 Å². The Morgan fingerprint density at radius 3 is 3.25 bits per heavy atom. The van der Waals surface area contributed by atoms with Gasteiger partial charge in [-0.25, -0.2) is 4.52 Å². The second-order valence-electron chi connectivity index (χ2n) is 3.23. The van der Waals surface area contributed by atoms with E-state index < -0.39 is 0 Å². The summed E-state index contributed by atoms with van der Waals surface area (Å²) in [5, 5.41) is 7.49. The maximum absolute atomic E-state index is 4.34. The second kappa shape index (κ2) is 5.55. The lowest BCUT2D eigenvalue weighted by molar-refractivity contribution is 0.956. The van der Waals surface area contributed by atoms with Gasteiger partial charge in [-0.05, 0) is 12.1 Å². The highest BCUT2D eigenvalue weighted by Crippen LogP contribution is 2.05. The van der Waals surface area contributed by atoms with E-state index in [9.17, 15) is 0 Å². The third-order valence-electron chi connectivity index (χ3n) is 2.01. The van der Waals surface area contributed by atoms with Crippen molar-refractivity contribution < 1.29 is 0 Å². The highest BCUT2D eigenvalue weighted by atomic mass is 32.2. The van der Waals surface area contributed by atoms with Crippen molar-refractivity contribution in [1.82, 2.24) is 14.6 Å². The molecule has 0 aliphatic carbocycles. The van der Waals surface area contributed by atoms with Crippen LogP contribution in [0.1, 0.15) is 0 Å². The second-order valence-corrected chi connectivity index (χ2v) is 4.38. The van der Waals surface area contributed by atoms with Gasteiger partial charge in [-0.2, -0.15) is 16.7 Å². The van der Waals surface area contributed by atoms with Gasteiger partial charge in [0.2, 0.25) is 5.95 Å². The number of aromatic nitrogens is 3. The molecule has 0 spiro atoms. The predicted octanol–water partition coefficient (Wildman–Crippen LogP) is 2.06. The van der Waals surface area contributed by atoms with Crippen LogP contribution in [-0.4, -0.2) is 32.6 Å². The monoisotopic (exact) mass is 234 g/mol. The van der Waals surface area contributed by atoms with E-state index in [0.29, 0.717) is 5.95 Å². The molecule has 5 heteroatoms. The molecule has 0 fully saturated rings. The van der Waals surface area contributed by atoms with Crippen LogP contribution in [0.15, 0.2) is 37.1 Å². The summed E-state index contributed by atoms with van der Waals surface area (Å²) in [6.45, 7) is 4.55. The molecule has 0 amide bonds. The molecule has 2 aromatic rings. The van der Waals surface area contributed by atoms with Crippen LogP contribution < -0.4 is 5.32 Å². The summed E-state index contributed by atoms with van der Waals surface area (Å²) in [5.41, 5.74) is 0.865. The summed E-state index contributed by atoms with van der Waals surface area (Å²) >= 11 is 1.84. The van der Waals surface area contributed by atoms with Gasteiger partial charge < -0.3 is 5.32 Å². The van der Waals surface area contributed by atoms with E-state index in [2.05, 4.69) is 22.0 Å². The maximum atomic E-state index is 4.34. The van der Waals surface area contributed by atoms with Crippen molar-refractivity contribution in [2.75, 3.05) is 23.4 Å². The summed E-state index contributed by atoms with van der Waals surface area (Å²) in [5.74, 6) is 2.70. The zero-order chi connectivity index (χ0) is 11.2. The normalized spacial score (nSPS) is 10.5. The zero-order valence-electron chi connectivity index (χ0n) is 8.97. The number of hydrogen-bond acceptors (Lipinski definition) is 4. The van der Waals surface area contributed by atoms with Crippen molar-refractivity contribution in [1.29, 1.82) is 0 Å². The van der Waals surface area contributed by atoms with Crippen LogP contribution in [-0.2, 0) is 0 Å². The molecule has 2 rings (SSSR count). The van der Waals surface area contributed by atoms with Crippen LogP contribution in [0.5, 0.6) is 0 Å². The first-order chi connectivity index (χ1) is 7.90. The van der Waals surface area contributed by atoms with E-state index >= 15 is 0 Å². The number of thioether (sulfide) groups is 1. The lowest BCUT2D eigenvalue weighted by Crippen LogP contribution is -2.05. The molecule has 2 aromatic heterocycles. The standard InChI is InChI=1S/C11H14N4S/c1-2-8-16-9-6-12-11-13-10-5-3-4-7-15(10)14-11/h2-5,7H,1,6,8-9H2,(H,12,14). The number of fused-ring (bicyclic) bond motifs is 1. The highest BCUT2D eigenvalue weighted by molar-refractivity contribution is 7.99. The van der Waals surface area contributed by atoms with Gasteiger partial charge in [-0.15, -0.1) is 11.7 Å². The molecule has 0 bridgehead atoms. The highest BCUT2D eigenvalue weighted by Gasteiger charge is 2.00. The molecule has 0 atom stereocenters. The molecule has 4 nitrogen and oxygen atoms in total. The summed E-state index contributed by atoms with van der Waals surface area (Å²) < 4.78 is 1.76. The summed E-state index contributed by atoms with van der Waals surface area (Å²) in [6.07, 6.45) is 3.80. The molecule has 0 unspecified atom stereocenters. The van der Waals surface area contributed by atoms with Crippen molar-refractivity contribution in [2.45, 2.75) is 0 Å². The third kappa shape index (κ3) is 2.76. The Labute approximate surface area is 98.8 Å². The lowest BCUT2D eigenvalue weighted by atomic mass is 10.5. The average Bonchev–Trinajstić information content (AvgIpc) is 2.71. The van der Waals surface area contributed by atoms with E-state index in [1.165, 1.54) is 0 Å².